The van der Waals surface area contributed by atoms with E-state index in [4.69, 9.17) is 19.2 Å². The van der Waals surface area contributed by atoms with Gasteiger partial charge in [0.1, 0.15) is 0 Å². The van der Waals surface area contributed by atoms with Gasteiger partial charge in [0.15, 0.2) is 5.82 Å². The zero-order valence-corrected chi connectivity index (χ0v) is 20.0. The van der Waals surface area contributed by atoms with Gasteiger partial charge in [-0.25, -0.2) is 4.98 Å². The maximum absolute atomic E-state index is 6.16. The van der Waals surface area contributed by atoms with Crippen LogP contribution in [-0.2, 0) is 14.2 Å². The fraction of sp³-hybridized carbons (Fsp3) is 0.464. The van der Waals surface area contributed by atoms with Crippen LogP contribution in [0.15, 0.2) is 60.7 Å². The van der Waals surface area contributed by atoms with E-state index in [0.717, 1.165) is 35.7 Å². The van der Waals surface area contributed by atoms with Crippen LogP contribution in [0.25, 0.3) is 22.5 Å². The van der Waals surface area contributed by atoms with Crippen LogP contribution in [0.1, 0.15) is 38.3 Å². The van der Waals surface area contributed by atoms with E-state index >= 15 is 0 Å². The lowest BCUT2D eigenvalue weighted by atomic mass is 9.93. The van der Waals surface area contributed by atoms with Gasteiger partial charge >= 0.3 is 0 Å². The minimum atomic E-state index is -0.513. The number of nitrogens with one attached hydrogen (secondary N) is 1. The summed E-state index contributed by atoms with van der Waals surface area (Å²) in [7, 11) is 0. The van der Waals surface area contributed by atoms with Gasteiger partial charge in [-0.1, -0.05) is 74.0 Å². The van der Waals surface area contributed by atoms with Crippen LogP contribution in [0.4, 0.5) is 0 Å². The average Bonchev–Trinajstić information content (AvgIpc) is 3.34. The minimum Gasteiger partial charge on any atom is -0.379 e. The van der Waals surface area contributed by atoms with Gasteiger partial charge in [-0.2, -0.15) is 0 Å². The third-order valence-corrected chi connectivity index (χ3v) is 6.67. The number of aromatic amines is 1. The Balaban J connectivity index is 1.22. The first kappa shape index (κ1) is 23.2. The molecule has 1 aromatic heterocycles. The van der Waals surface area contributed by atoms with E-state index < -0.39 is 6.29 Å². The number of imidazole rings is 1. The summed E-state index contributed by atoms with van der Waals surface area (Å²) in [5, 5.41) is 0. The minimum absolute atomic E-state index is 0.157. The molecule has 0 amide bonds. The van der Waals surface area contributed by atoms with Gasteiger partial charge in [0.25, 0.3) is 0 Å². The van der Waals surface area contributed by atoms with Crippen molar-refractivity contribution >= 4 is 0 Å². The van der Waals surface area contributed by atoms with Crippen molar-refractivity contribution < 1.29 is 14.2 Å². The zero-order valence-electron chi connectivity index (χ0n) is 20.0. The van der Waals surface area contributed by atoms with Crippen LogP contribution in [-0.4, -0.2) is 60.9 Å². The summed E-state index contributed by atoms with van der Waals surface area (Å²) in [5.74, 6) is 0.700. The molecule has 0 saturated carbocycles. The number of piperidine rings is 1. The molecule has 2 aliphatic heterocycles. The Kier molecular flexibility index (Phi) is 7.40. The van der Waals surface area contributed by atoms with Crippen LogP contribution in [0.3, 0.4) is 0 Å². The second-order valence-corrected chi connectivity index (χ2v) is 9.80. The standard InChI is InChI=1S/C28H35N3O3/c1-28(19-32-18-17-31-15-9-4-10-16-31)20-33-27(34-21-28)26-29-24(22-11-5-2-6-12-22)25(30-26)23-13-7-3-8-14-23/h2-3,5-8,11-14,27H,4,9-10,15-21H2,1H3,(H,29,30). The van der Waals surface area contributed by atoms with Crippen molar-refractivity contribution in [3.05, 3.63) is 66.5 Å². The quantitative estimate of drug-likeness (QED) is 0.462. The molecule has 0 radical (unpaired) electrons. The van der Waals surface area contributed by atoms with E-state index in [-0.39, 0.29) is 5.41 Å². The van der Waals surface area contributed by atoms with Crippen molar-refractivity contribution in [2.45, 2.75) is 32.5 Å². The molecule has 180 valence electrons. The van der Waals surface area contributed by atoms with E-state index in [2.05, 4.69) is 41.1 Å². The van der Waals surface area contributed by atoms with Crippen molar-refractivity contribution in [1.82, 2.24) is 14.9 Å². The van der Waals surface area contributed by atoms with Crippen LogP contribution >= 0.6 is 0 Å². The maximum atomic E-state index is 6.16. The number of aromatic nitrogens is 2. The first-order valence-corrected chi connectivity index (χ1v) is 12.4. The highest BCUT2D eigenvalue weighted by molar-refractivity contribution is 5.78. The van der Waals surface area contributed by atoms with Crippen molar-refractivity contribution in [3.8, 4) is 22.5 Å². The summed E-state index contributed by atoms with van der Waals surface area (Å²) < 4.78 is 18.4. The molecular weight excluding hydrogens is 426 g/mol. The van der Waals surface area contributed by atoms with Crippen LogP contribution in [0, 0.1) is 5.41 Å². The number of nitrogens with zero attached hydrogens (tertiary/aromatic N) is 2. The summed E-state index contributed by atoms with van der Waals surface area (Å²) in [5.41, 5.74) is 3.87. The van der Waals surface area contributed by atoms with E-state index in [1.54, 1.807) is 0 Å². The van der Waals surface area contributed by atoms with Crippen LogP contribution in [0.2, 0.25) is 0 Å². The molecule has 0 bridgehead atoms. The number of hydrogen-bond donors (Lipinski definition) is 1. The van der Waals surface area contributed by atoms with Gasteiger partial charge in [-0.15, -0.1) is 0 Å². The molecule has 0 unspecified atom stereocenters. The highest BCUT2D eigenvalue weighted by atomic mass is 16.7. The lowest BCUT2D eigenvalue weighted by Crippen LogP contribution is -2.41. The second-order valence-electron chi connectivity index (χ2n) is 9.80. The molecule has 2 aromatic carbocycles. The normalized spacial score (nSPS) is 23.7. The van der Waals surface area contributed by atoms with Gasteiger partial charge in [0.05, 0.1) is 37.8 Å². The number of hydrogen-bond acceptors (Lipinski definition) is 5. The van der Waals surface area contributed by atoms with Crippen molar-refractivity contribution in [2.75, 3.05) is 46.1 Å². The molecule has 2 saturated heterocycles. The maximum Gasteiger partial charge on any atom is 0.217 e. The Hall–Kier alpha value is -2.51. The van der Waals surface area contributed by atoms with Gasteiger partial charge in [0, 0.05) is 23.1 Å². The summed E-state index contributed by atoms with van der Waals surface area (Å²) in [4.78, 5) is 10.9. The van der Waals surface area contributed by atoms with Crippen LogP contribution in [0.5, 0.6) is 0 Å². The average molecular weight is 462 g/mol. The van der Waals surface area contributed by atoms with Crippen LogP contribution < -0.4 is 0 Å². The summed E-state index contributed by atoms with van der Waals surface area (Å²) in [6, 6.07) is 20.5. The Labute approximate surface area is 202 Å². The Morgan fingerprint density at radius 3 is 2.26 bits per heavy atom. The van der Waals surface area contributed by atoms with Gasteiger partial charge < -0.3 is 24.1 Å². The molecule has 0 spiro atoms. The van der Waals surface area contributed by atoms with Crippen molar-refractivity contribution in [1.29, 1.82) is 0 Å². The number of benzene rings is 2. The SMILES string of the molecule is CC1(COCCN2CCCCC2)COC(c2nc(-c3ccccc3)c(-c3ccccc3)[nH]2)OC1. The first-order valence-electron chi connectivity index (χ1n) is 12.4. The monoisotopic (exact) mass is 461 g/mol. The highest BCUT2D eigenvalue weighted by Crippen LogP contribution is 2.35. The Bertz CT molecular complexity index is 967. The Morgan fingerprint density at radius 2 is 1.59 bits per heavy atom. The summed E-state index contributed by atoms with van der Waals surface area (Å²) in [6.45, 7) is 8.12. The topological polar surface area (TPSA) is 59.6 Å². The van der Waals surface area contributed by atoms with Crippen molar-refractivity contribution in [2.24, 2.45) is 5.41 Å². The number of H-pyrrole nitrogens is 1. The molecule has 34 heavy (non-hydrogen) atoms. The van der Waals surface area contributed by atoms with Gasteiger partial charge in [-0.3, -0.25) is 0 Å². The predicted octanol–water partition coefficient (Wildman–Crippen LogP) is 5.30. The number of ether oxygens (including phenoxy) is 3. The molecular formula is C28H35N3O3. The number of rotatable bonds is 8. The smallest absolute Gasteiger partial charge is 0.217 e. The van der Waals surface area contributed by atoms with Gasteiger partial charge in [-0.05, 0) is 25.9 Å². The van der Waals surface area contributed by atoms with E-state index in [1.807, 2.05) is 36.4 Å². The fourth-order valence-electron chi connectivity index (χ4n) is 4.70. The zero-order chi connectivity index (χ0) is 23.2. The predicted molar refractivity (Wildman–Crippen MR) is 133 cm³/mol. The lowest BCUT2D eigenvalue weighted by Gasteiger charge is -2.36. The fourth-order valence-corrected chi connectivity index (χ4v) is 4.70. The largest absolute Gasteiger partial charge is 0.379 e. The molecule has 0 aliphatic carbocycles. The molecule has 3 aromatic rings. The van der Waals surface area contributed by atoms with Gasteiger partial charge in [0.2, 0.25) is 6.29 Å². The number of likely N-dealkylation sites (tertiary alicyclic amines) is 1. The molecule has 3 heterocycles. The van der Waals surface area contributed by atoms with E-state index in [1.165, 1.54) is 32.4 Å². The molecule has 0 atom stereocenters. The van der Waals surface area contributed by atoms with E-state index in [0.29, 0.717) is 25.6 Å². The molecule has 2 aliphatic rings. The third-order valence-electron chi connectivity index (χ3n) is 6.67. The molecule has 2 fully saturated rings. The first-order chi connectivity index (χ1) is 16.7. The third kappa shape index (κ3) is 5.58. The van der Waals surface area contributed by atoms with Crippen molar-refractivity contribution in [3.63, 3.8) is 0 Å². The summed E-state index contributed by atoms with van der Waals surface area (Å²) >= 11 is 0. The Morgan fingerprint density at radius 1 is 0.941 bits per heavy atom. The highest BCUT2D eigenvalue weighted by Gasteiger charge is 2.35. The summed E-state index contributed by atoms with van der Waals surface area (Å²) in [6.07, 6.45) is 3.47. The molecule has 1 N–H and O–H groups in total. The lowest BCUT2D eigenvalue weighted by molar-refractivity contribution is -0.242. The molecule has 6 nitrogen and oxygen atoms in total. The second kappa shape index (κ2) is 10.8. The van der Waals surface area contributed by atoms with E-state index in [9.17, 15) is 0 Å². The molecule has 6 heteroatoms. The molecule has 5 rings (SSSR count).